The Morgan fingerprint density at radius 1 is 1.44 bits per heavy atom. The molecule has 0 radical (unpaired) electrons. The van der Waals surface area contributed by atoms with Crippen LogP contribution in [0.4, 0.5) is 0 Å². The molecule has 0 aliphatic rings. The van der Waals surface area contributed by atoms with Gasteiger partial charge >= 0.3 is 0 Å². The quantitative estimate of drug-likeness (QED) is 0.769. The molecule has 0 aliphatic carbocycles. The monoisotopic (exact) mass is 357 g/mol. The van der Waals surface area contributed by atoms with Gasteiger partial charge in [-0.2, -0.15) is 0 Å². The van der Waals surface area contributed by atoms with Gasteiger partial charge in [-0.15, -0.1) is 0 Å². The van der Waals surface area contributed by atoms with Gasteiger partial charge in [0.2, 0.25) is 0 Å². The van der Waals surface area contributed by atoms with Crippen molar-refractivity contribution in [3.05, 3.63) is 0 Å². The fourth-order valence-electron chi connectivity index (χ4n) is 0.372. The fourth-order valence-corrected chi connectivity index (χ4v) is 0.372. The van der Waals surface area contributed by atoms with Crippen molar-refractivity contribution in [2.24, 2.45) is 5.73 Å². The molecular formula is C5H13I2NO. The molecule has 0 aromatic heterocycles. The van der Waals surface area contributed by atoms with Crippen molar-refractivity contribution in [3.8, 4) is 0 Å². The highest BCUT2D eigenvalue weighted by atomic mass is 128. The molecule has 2 nitrogen and oxygen atoms in total. The molecular weight excluding hydrogens is 344 g/mol. The van der Waals surface area contributed by atoms with Gasteiger partial charge in [-0.25, -0.2) is 0 Å². The second-order valence-corrected chi connectivity index (χ2v) is 2.42. The zero-order valence-corrected chi connectivity index (χ0v) is 10.3. The Morgan fingerprint density at radius 3 is 1.78 bits per heavy atom. The zero-order chi connectivity index (χ0) is 7.91. The maximum atomic E-state index is 5.52. The van der Waals surface area contributed by atoms with Crippen molar-refractivity contribution < 1.29 is 4.74 Å². The van der Waals surface area contributed by atoms with E-state index in [1.54, 1.807) is 7.11 Å². The van der Waals surface area contributed by atoms with E-state index in [0.29, 0.717) is 6.61 Å². The highest BCUT2D eigenvalue weighted by molar-refractivity contribution is 15.0. The Kier molecular flexibility index (Phi) is 10.8. The summed E-state index contributed by atoms with van der Waals surface area (Å²) in [6.45, 7) is 4.47. The van der Waals surface area contributed by atoms with Gasteiger partial charge < -0.3 is 10.5 Å². The summed E-state index contributed by atoms with van der Waals surface area (Å²) >= 11 is 4.24. The minimum absolute atomic E-state index is 0.172. The lowest BCUT2D eigenvalue weighted by atomic mass is 10.1. The van der Waals surface area contributed by atoms with Crippen LogP contribution in [0.2, 0.25) is 0 Å². The highest BCUT2D eigenvalue weighted by Gasteiger charge is 2.07. The minimum atomic E-state index is -0.172. The van der Waals surface area contributed by atoms with Crippen LogP contribution in [0.15, 0.2) is 0 Å². The molecule has 4 heteroatoms. The molecule has 0 atom stereocenters. The van der Waals surface area contributed by atoms with Gasteiger partial charge in [0, 0.05) is 49.9 Å². The van der Waals surface area contributed by atoms with Crippen LogP contribution >= 0.6 is 37.2 Å². The van der Waals surface area contributed by atoms with Crippen LogP contribution in [0.5, 0.6) is 0 Å². The van der Waals surface area contributed by atoms with Gasteiger partial charge in [-0.1, -0.05) is 0 Å². The lowest BCUT2D eigenvalue weighted by Crippen LogP contribution is -2.36. The van der Waals surface area contributed by atoms with Gasteiger partial charge in [0.25, 0.3) is 0 Å². The third-order valence-electron chi connectivity index (χ3n) is 0.516. The number of halogens is 2. The van der Waals surface area contributed by atoms with Crippen LogP contribution in [0.1, 0.15) is 13.8 Å². The first-order valence-electron chi connectivity index (χ1n) is 2.48. The summed E-state index contributed by atoms with van der Waals surface area (Å²) in [5.74, 6) is 0. The van der Waals surface area contributed by atoms with E-state index in [1.165, 1.54) is 0 Å². The molecule has 0 fully saturated rings. The summed E-state index contributed by atoms with van der Waals surface area (Å²) in [6.07, 6.45) is 0. The number of methoxy groups -OCH3 is 1. The average Bonchev–Trinajstić information content (AvgIpc) is 1.69. The van der Waals surface area contributed by atoms with Crippen molar-refractivity contribution in [1.29, 1.82) is 0 Å². The number of hydrogen-bond acceptors (Lipinski definition) is 2. The Hall–Kier alpha value is 1.38. The second kappa shape index (κ2) is 7.49. The van der Waals surface area contributed by atoms with Gasteiger partial charge in [0.1, 0.15) is 0 Å². The lowest BCUT2D eigenvalue weighted by Gasteiger charge is -2.15. The third kappa shape index (κ3) is 17.7. The van der Waals surface area contributed by atoms with Crippen molar-refractivity contribution in [1.82, 2.24) is 0 Å². The Morgan fingerprint density at radius 2 is 1.78 bits per heavy atom. The molecule has 0 aromatic rings. The van der Waals surface area contributed by atoms with Gasteiger partial charge in [0.15, 0.2) is 0 Å². The first-order chi connectivity index (χ1) is 4.06. The van der Waals surface area contributed by atoms with E-state index in [0.717, 1.165) is 0 Å². The molecule has 0 rings (SSSR count). The van der Waals surface area contributed by atoms with Gasteiger partial charge in [0.05, 0.1) is 6.61 Å². The Balaban J connectivity index is 0. The predicted molar refractivity (Wildman–Crippen MR) is 58.2 cm³/mol. The maximum absolute atomic E-state index is 5.52. The molecule has 0 heterocycles. The number of rotatable bonds is 2. The van der Waals surface area contributed by atoms with Crippen LogP contribution < -0.4 is 5.73 Å². The smallest absolute Gasteiger partial charge is 0.0636 e. The van der Waals surface area contributed by atoms with E-state index in [2.05, 4.69) is 37.2 Å². The molecule has 0 saturated heterocycles. The van der Waals surface area contributed by atoms with E-state index < -0.39 is 0 Å². The van der Waals surface area contributed by atoms with Crippen LogP contribution in [-0.2, 0) is 4.74 Å². The Labute approximate surface area is 80.2 Å². The third-order valence-corrected chi connectivity index (χ3v) is 0.516. The SMILES string of the molecule is COCC(C)(C)N.II. The summed E-state index contributed by atoms with van der Waals surface area (Å²) in [7, 11) is 1.65. The normalized spacial score (nSPS) is 10.0. The zero-order valence-electron chi connectivity index (χ0n) is 5.95. The van der Waals surface area contributed by atoms with Crippen LogP contribution in [0.25, 0.3) is 0 Å². The molecule has 58 valence electrons. The minimum Gasteiger partial charge on any atom is -0.383 e. The summed E-state index contributed by atoms with van der Waals surface area (Å²) in [6, 6.07) is 0. The summed E-state index contributed by atoms with van der Waals surface area (Å²) in [5, 5.41) is 0. The van der Waals surface area contributed by atoms with Gasteiger partial charge in [-0.3, -0.25) is 0 Å². The van der Waals surface area contributed by atoms with Gasteiger partial charge in [-0.05, 0) is 13.8 Å². The molecule has 0 bridgehead atoms. The van der Waals surface area contributed by atoms with Crippen LogP contribution in [-0.4, -0.2) is 19.3 Å². The molecule has 0 saturated carbocycles. The first kappa shape index (κ1) is 13.0. The van der Waals surface area contributed by atoms with Crippen molar-refractivity contribution in [3.63, 3.8) is 0 Å². The Bertz CT molecular complexity index is 53.4. The number of ether oxygens (including phenoxy) is 1. The average molecular weight is 357 g/mol. The van der Waals surface area contributed by atoms with Crippen molar-refractivity contribution in [2.75, 3.05) is 13.7 Å². The van der Waals surface area contributed by atoms with E-state index in [4.69, 9.17) is 10.5 Å². The standard InChI is InChI=1S/C5H13NO.I2/c1-5(2,6)4-7-3;1-2/h4,6H2,1-3H3;. The van der Waals surface area contributed by atoms with E-state index in [-0.39, 0.29) is 5.54 Å². The van der Waals surface area contributed by atoms with E-state index >= 15 is 0 Å². The van der Waals surface area contributed by atoms with Crippen molar-refractivity contribution in [2.45, 2.75) is 19.4 Å². The largest absolute Gasteiger partial charge is 0.383 e. The maximum Gasteiger partial charge on any atom is 0.0636 e. The molecule has 0 aliphatic heterocycles. The molecule has 2 N–H and O–H groups in total. The molecule has 0 amide bonds. The van der Waals surface area contributed by atoms with Crippen LogP contribution in [0.3, 0.4) is 0 Å². The first-order valence-corrected chi connectivity index (χ1v) is 8.77. The topological polar surface area (TPSA) is 35.2 Å². The fraction of sp³-hybridized carbons (Fsp3) is 1.00. The molecule has 0 aromatic carbocycles. The number of hydrogen-bond donors (Lipinski definition) is 1. The highest BCUT2D eigenvalue weighted by Crippen LogP contribution is 1.93. The summed E-state index contributed by atoms with van der Waals surface area (Å²) < 4.78 is 4.78. The second-order valence-electron chi connectivity index (χ2n) is 2.42. The molecule has 0 unspecified atom stereocenters. The van der Waals surface area contributed by atoms with Crippen LogP contribution in [0, 0.1) is 0 Å². The summed E-state index contributed by atoms with van der Waals surface area (Å²) in [4.78, 5) is 0. The molecule has 0 spiro atoms. The van der Waals surface area contributed by atoms with E-state index in [1.807, 2.05) is 13.8 Å². The summed E-state index contributed by atoms with van der Waals surface area (Å²) in [5.41, 5.74) is 5.35. The van der Waals surface area contributed by atoms with Crippen molar-refractivity contribution >= 4 is 37.2 Å². The lowest BCUT2D eigenvalue weighted by molar-refractivity contribution is 0.149. The predicted octanol–water partition coefficient (Wildman–Crippen LogP) is 2.14. The number of nitrogens with two attached hydrogens (primary N) is 1. The molecule has 9 heavy (non-hydrogen) atoms. The van der Waals surface area contributed by atoms with E-state index in [9.17, 15) is 0 Å².